The molecule has 0 spiro atoms. The van der Waals surface area contributed by atoms with Gasteiger partial charge in [0.15, 0.2) is 11.5 Å². The van der Waals surface area contributed by atoms with Gasteiger partial charge in [-0.15, -0.1) is 12.4 Å². The molecule has 0 aliphatic heterocycles. The summed E-state index contributed by atoms with van der Waals surface area (Å²) in [6.07, 6.45) is 1.71. The number of nitrogens with one attached hydrogen (secondary N) is 2. The molecule has 1 aromatic heterocycles. The van der Waals surface area contributed by atoms with Crippen LogP contribution in [0.5, 0.6) is 17.2 Å². The molecule has 0 atom stereocenters. The lowest BCUT2D eigenvalue weighted by Crippen LogP contribution is -2.20. The van der Waals surface area contributed by atoms with E-state index in [1.54, 1.807) is 38.5 Å². The molecule has 39 heavy (non-hydrogen) atoms. The smallest absolute Gasteiger partial charge is 0.222 e. The molecule has 0 bridgehead atoms. The number of benzene rings is 3. The minimum atomic E-state index is -3.70. The van der Waals surface area contributed by atoms with Crippen molar-refractivity contribution < 1.29 is 22.6 Å². The number of methoxy groups -OCH3 is 2. The van der Waals surface area contributed by atoms with Crippen molar-refractivity contribution in [1.29, 1.82) is 0 Å². The number of H-pyrrole nitrogens is 1. The Balaban J connectivity index is 0.00000420. The Kier molecular flexibility index (Phi) is 10.7. The zero-order valence-electron chi connectivity index (χ0n) is 22.8. The van der Waals surface area contributed by atoms with Crippen molar-refractivity contribution in [1.82, 2.24) is 10.3 Å². The predicted octanol–water partition coefficient (Wildman–Crippen LogP) is 6.16. The summed E-state index contributed by atoms with van der Waals surface area (Å²) in [4.78, 5) is 3.39. The molecule has 0 unspecified atom stereocenters. The summed E-state index contributed by atoms with van der Waals surface area (Å²) in [5, 5.41) is 4.63. The van der Waals surface area contributed by atoms with Crippen molar-refractivity contribution in [3.05, 3.63) is 77.9 Å². The third kappa shape index (κ3) is 7.06. The van der Waals surface area contributed by atoms with Gasteiger partial charge in [0.1, 0.15) is 10.8 Å². The number of hydrogen-bond acceptors (Lipinski definition) is 6. The maximum absolute atomic E-state index is 13.5. The van der Waals surface area contributed by atoms with Gasteiger partial charge in [0, 0.05) is 10.9 Å². The van der Waals surface area contributed by atoms with E-state index in [9.17, 15) is 8.42 Å². The molecule has 210 valence electrons. The van der Waals surface area contributed by atoms with E-state index in [2.05, 4.69) is 10.3 Å². The second-order valence-electron chi connectivity index (χ2n) is 9.43. The van der Waals surface area contributed by atoms with Crippen LogP contribution in [0.1, 0.15) is 37.3 Å². The van der Waals surface area contributed by atoms with Gasteiger partial charge in [-0.25, -0.2) is 8.42 Å². The molecule has 0 aliphatic rings. The van der Waals surface area contributed by atoms with Crippen LogP contribution in [0.15, 0.2) is 76.7 Å². The maximum Gasteiger partial charge on any atom is 0.222 e. The largest absolute Gasteiger partial charge is 0.494 e. The molecule has 0 saturated heterocycles. The average Bonchev–Trinajstić information content (AvgIpc) is 3.33. The first-order valence-corrected chi connectivity index (χ1v) is 14.3. The lowest BCUT2D eigenvalue weighted by Gasteiger charge is -2.11. The number of fused-ring (bicyclic) bond motifs is 1. The molecular formula is C30H37ClN2O5S. The Morgan fingerprint density at radius 1 is 0.897 bits per heavy atom. The van der Waals surface area contributed by atoms with E-state index < -0.39 is 9.84 Å². The normalized spacial score (nSPS) is 11.4. The minimum absolute atomic E-state index is 0. The molecule has 3 aromatic carbocycles. The van der Waals surface area contributed by atoms with Gasteiger partial charge in [-0.1, -0.05) is 38.1 Å². The Hall–Kier alpha value is -3.20. The summed E-state index contributed by atoms with van der Waals surface area (Å²) in [5.74, 6) is 2.17. The van der Waals surface area contributed by atoms with Crippen LogP contribution in [0.2, 0.25) is 0 Å². The minimum Gasteiger partial charge on any atom is -0.494 e. The highest BCUT2D eigenvalue weighted by Crippen LogP contribution is 2.35. The Morgan fingerprint density at radius 3 is 2.31 bits per heavy atom. The van der Waals surface area contributed by atoms with Crippen LogP contribution in [-0.4, -0.2) is 47.3 Å². The van der Waals surface area contributed by atoms with Gasteiger partial charge < -0.3 is 24.5 Å². The summed E-state index contributed by atoms with van der Waals surface area (Å²) in [6, 6.07) is 20.3. The van der Waals surface area contributed by atoms with Gasteiger partial charge >= 0.3 is 0 Å². The molecule has 4 aromatic rings. The molecule has 7 nitrogen and oxygen atoms in total. The third-order valence-corrected chi connectivity index (χ3v) is 8.25. The van der Waals surface area contributed by atoms with E-state index in [4.69, 9.17) is 14.2 Å². The van der Waals surface area contributed by atoms with E-state index in [1.807, 2.05) is 56.3 Å². The van der Waals surface area contributed by atoms with Crippen molar-refractivity contribution in [2.24, 2.45) is 0 Å². The third-order valence-electron chi connectivity index (χ3n) is 6.50. The number of halogens is 1. The van der Waals surface area contributed by atoms with E-state index in [0.29, 0.717) is 12.4 Å². The molecule has 0 radical (unpaired) electrons. The van der Waals surface area contributed by atoms with Crippen LogP contribution in [-0.2, 0) is 16.3 Å². The van der Waals surface area contributed by atoms with Crippen molar-refractivity contribution in [3.63, 3.8) is 0 Å². The first-order valence-electron chi connectivity index (χ1n) is 12.8. The number of para-hydroxylation sites is 1. The van der Waals surface area contributed by atoms with Crippen molar-refractivity contribution in [2.75, 3.05) is 33.9 Å². The van der Waals surface area contributed by atoms with Gasteiger partial charge in [-0.05, 0) is 85.4 Å². The average molecular weight is 573 g/mol. The zero-order valence-corrected chi connectivity index (χ0v) is 24.5. The van der Waals surface area contributed by atoms with Crippen LogP contribution in [0.3, 0.4) is 0 Å². The number of ether oxygens (including phenoxy) is 3. The van der Waals surface area contributed by atoms with Crippen molar-refractivity contribution >= 4 is 33.1 Å². The molecule has 4 rings (SSSR count). The van der Waals surface area contributed by atoms with E-state index in [1.165, 1.54) is 5.56 Å². The number of rotatable bonds is 13. The van der Waals surface area contributed by atoms with Gasteiger partial charge in [0.2, 0.25) is 9.84 Å². The first kappa shape index (κ1) is 30.3. The quantitative estimate of drug-likeness (QED) is 0.186. The fourth-order valence-electron chi connectivity index (χ4n) is 4.54. The fraction of sp³-hybridized carbons (Fsp3) is 0.333. The number of aromatic amines is 1. The summed E-state index contributed by atoms with van der Waals surface area (Å²) in [5.41, 5.74) is 2.82. The lowest BCUT2D eigenvalue weighted by atomic mass is 10.0. The molecule has 1 heterocycles. The fourth-order valence-corrected chi connectivity index (χ4v) is 6.15. The molecular weight excluding hydrogens is 536 g/mol. The molecule has 0 aliphatic carbocycles. The van der Waals surface area contributed by atoms with Crippen LogP contribution < -0.4 is 19.5 Å². The van der Waals surface area contributed by atoms with E-state index >= 15 is 0 Å². The Bertz CT molecular complexity index is 1470. The second-order valence-corrected chi connectivity index (χ2v) is 11.3. The monoisotopic (exact) mass is 572 g/mol. The molecule has 9 heteroatoms. The lowest BCUT2D eigenvalue weighted by molar-refractivity contribution is 0.308. The van der Waals surface area contributed by atoms with Crippen molar-refractivity contribution in [2.45, 2.75) is 42.5 Å². The van der Waals surface area contributed by atoms with Crippen LogP contribution in [0.4, 0.5) is 0 Å². The van der Waals surface area contributed by atoms with Crippen LogP contribution in [0, 0.1) is 0 Å². The standard InChI is InChI=1S/C30H36N2O5S.ClH/c1-21(2)29-25-8-5-6-9-26(25)32-30(29)38(33,34)24-13-11-23(12-14-24)37-19-7-17-31-18-16-22-10-15-27(35-3)28(20-22)36-4;/h5-6,8-15,20-21,31-32H,7,16-19H2,1-4H3;1H. The highest BCUT2D eigenvalue weighted by molar-refractivity contribution is 7.91. The van der Waals surface area contributed by atoms with Crippen LogP contribution >= 0.6 is 12.4 Å². The topological polar surface area (TPSA) is 89.6 Å². The highest BCUT2D eigenvalue weighted by Gasteiger charge is 2.26. The van der Waals surface area contributed by atoms with E-state index in [-0.39, 0.29) is 28.2 Å². The summed E-state index contributed by atoms with van der Waals surface area (Å²) in [6.45, 7) is 6.22. The van der Waals surface area contributed by atoms with Gasteiger partial charge in [-0.2, -0.15) is 0 Å². The Labute approximate surface area is 237 Å². The maximum atomic E-state index is 13.5. The SMILES string of the molecule is COc1ccc(CCNCCCOc2ccc(S(=O)(=O)c3[nH]c4ccccc4c3C(C)C)cc2)cc1OC.Cl. The Morgan fingerprint density at radius 2 is 1.62 bits per heavy atom. The number of sulfone groups is 1. The highest BCUT2D eigenvalue weighted by atomic mass is 35.5. The molecule has 0 saturated carbocycles. The molecule has 0 fully saturated rings. The summed E-state index contributed by atoms with van der Waals surface area (Å²) < 4.78 is 43.4. The van der Waals surface area contributed by atoms with Gasteiger partial charge in [-0.3, -0.25) is 0 Å². The molecule has 0 amide bonds. The van der Waals surface area contributed by atoms with Gasteiger partial charge in [0.05, 0.1) is 25.7 Å². The number of aromatic nitrogens is 1. The predicted molar refractivity (Wildman–Crippen MR) is 158 cm³/mol. The second kappa shape index (κ2) is 13.7. The summed E-state index contributed by atoms with van der Waals surface area (Å²) >= 11 is 0. The van der Waals surface area contributed by atoms with Gasteiger partial charge in [0.25, 0.3) is 0 Å². The van der Waals surface area contributed by atoms with E-state index in [0.717, 1.165) is 53.9 Å². The van der Waals surface area contributed by atoms with Crippen molar-refractivity contribution in [3.8, 4) is 17.2 Å². The first-order chi connectivity index (χ1) is 18.3. The molecule has 2 N–H and O–H groups in total. The number of hydrogen-bond donors (Lipinski definition) is 2. The summed E-state index contributed by atoms with van der Waals surface area (Å²) in [7, 11) is -0.429. The zero-order chi connectivity index (χ0) is 27.1. The van der Waals surface area contributed by atoms with Crippen LogP contribution in [0.25, 0.3) is 10.9 Å².